The fourth-order valence-corrected chi connectivity index (χ4v) is 2.28. The molecule has 1 fully saturated rings. The van der Waals surface area contributed by atoms with Crippen LogP contribution in [0.3, 0.4) is 0 Å². The van der Waals surface area contributed by atoms with E-state index in [4.69, 9.17) is 5.11 Å². The molecular formula is C9H15N5O2S. The van der Waals surface area contributed by atoms with Crippen molar-refractivity contribution >= 4 is 17.7 Å². The Bertz CT molecular complexity index is 392. The number of hydrogen-bond acceptors (Lipinski definition) is 6. The summed E-state index contributed by atoms with van der Waals surface area (Å²) in [4.78, 5) is 11.0. The van der Waals surface area contributed by atoms with Gasteiger partial charge in [-0.3, -0.25) is 4.79 Å². The molecule has 1 aromatic rings. The first kappa shape index (κ1) is 12.3. The topological polar surface area (TPSA) is 92.9 Å². The minimum atomic E-state index is -0.784. The smallest absolute Gasteiger partial charge is 0.320 e. The number of tetrazole rings is 1. The zero-order valence-electron chi connectivity index (χ0n) is 9.54. The molecule has 2 rings (SSSR count). The molecule has 1 aliphatic rings. The second-order valence-corrected chi connectivity index (χ2v) is 5.12. The highest BCUT2D eigenvalue weighted by Crippen LogP contribution is 2.21. The SMILES string of the molecule is Cn1nnnc1SCCC(NC1CC1)C(=O)O. The van der Waals surface area contributed by atoms with Gasteiger partial charge in [0, 0.05) is 18.8 Å². The summed E-state index contributed by atoms with van der Waals surface area (Å²) >= 11 is 1.47. The van der Waals surface area contributed by atoms with Crippen molar-refractivity contribution in [2.45, 2.75) is 36.5 Å². The van der Waals surface area contributed by atoms with Gasteiger partial charge in [0.15, 0.2) is 0 Å². The van der Waals surface area contributed by atoms with E-state index in [1.807, 2.05) is 0 Å². The molecule has 1 aromatic heterocycles. The van der Waals surface area contributed by atoms with Gasteiger partial charge in [-0.15, -0.1) is 5.10 Å². The maximum absolute atomic E-state index is 11.0. The lowest BCUT2D eigenvalue weighted by molar-refractivity contribution is -0.139. The first-order valence-electron chi connectivity index (χ1n) is 5.51. The molecule has 0 saturated heterocycles. The molecule has 17 heavy (non-hydrogen) atoms. The summed E-state index contributed by atoms with van der Waals surface area (Å²) < 4.78 is 1.58. The Hall–Kier alpha value is -1.15. The number of aromatic nitrogens is 4. The second-order valence-electron chi connectivity index (χ2n) is 4.05. The van der Waals surface area contributed by atoms with Crippen LogP contribution in [0, 0.1) is 0 Å². The van der Waals surface area contributed by atoms with Crippen molar-refractivity contribution in [1.82, 2.24) is 25.5 Å². The molecule has 7 nitrogen and oxygen atoms in total. The van der Waals surface area contributed by atoms with E-state index in [0.29, 0.717) is 23.4 Å². The summed E-state index contributed by atoms with van der Waals surface area (Å²) in [5.41, 5.74) is 0. The summed E-state index contributed by atoms with van der Waals surface area (Å²) in [6.45, 7) is 0. The van der Waals surface area contributed by atoms with Gasteiger partial charge < -0.3 is 10.4 Å². The molecule has 0 amide bonds. The molecular weight excluding hydrogens is 242 g/mol. The minimum Gasteiger partial charge on any atom is -0.480 e. The summed E-state index contributed by atoms with van der Waals surface area (Å²) in [5, 5.41) is 23.9. The Labute approximate surface area is 103 Å². The van der Waals surface area contributed by atoms with E-state index in [0.717, 1.165) is 12.8 Å². The highest BCUT2D eigenvalue weighted by molar-refractivity contribution is 7.99. The molecule has 0 spiro atoms. The number of rotatable bonds is 7. The zero-order chi connectivity index (χ0) is 12.3. The van der Waals surface area contributed by atoms with E-state index < -0.39 is 12.0 Å². The highest BCUT2D eigenvalue weighted by Gasteiger charge is 2.27. The molecule has 0 aliphatic heterocycles. The molecule has 2 N–H and O–H groups in total. The van der Waals surface area contributed by atoms with Crippen molar-refractivity contribution in [1.29, 1.82) is 0 Å². The Kier molecular flexibility index (Phi) is 3.95. The summed E-state index contributed by atoms with van der Waals surface area (Å²) in [6, 6.07) is -0.0613. The van der Waals surface area contributed by atoms with Gasteiger partial charge in [-0.05, 0) is 29.7 Å². The van der Waals surface area contributed by atoms with E-state index >= 15 is 0 Å². The zero-order valence-corrected chi connectivity index (χ0v) is 10.4. The molecule has 1 unspecified atom stereocenters. The fourth-order valence-electron chi connectivity index (χ4n) is 1.42. The highest BCUT2D eigenvalue weighted by atomic mass is 32.2. The Balaban J connectivity index is 1.75. The van der Waals surface area contributed by atoms with E-state index in [-0.39, 0.29) is 0 Å². The van der Waals surface area contributed by atoms with Gasteiger partial charge in [0.2, 0.25) is 5.16 Å². The van der Waals surface area contributed by atoms with Gasteiger partial charge in [-0.2, -0.15) is 0 Å². The third-order valence-electron chi connectivity index (χ3n) is 2.53. The quantitative estimate of drug-likeness (QED) is 0.659. The third kappa shape index (κ3) is 3.67. The van der Waals surface area contributed by atoms with Crippen molar-refractivity contribution in [2.75, 3.05) is 5.75 Å². The summed E-state index contributed by atoms with van der Waals surface area (Å²) in [6.07, 6.45) is 2.75. The van der Waals surface area contributed by atoms with Crippen LogP contribution in [-0.4, -0.2) is 49.1 Å². The summed E-state index contributed by atoms with van der Waals surface area (Å²) in [7, 11) is 1.76. The van der Waals surface area contributed by atoms with E-state index in [2.05, 4.69) is 20.8 Å². The number of carboxylic acids is 1. The molecule has 0 bridgehead atoms. The fraction of sp³-hybridized carbons (Fsp3) is 0.778. The number of carboxylic acid groups (broad SMARTS) is 1. The van der Waals surface area contributed by atoms with E-state index in [9.17, 15) is 4.79 Å². The number of carbonyl (C=O) groups is 1. The van der Waals surface area contributed by atoms with Gasteiger partial charge in [0.1, 0.15) is 6.04 Å². The number of aryl methyl sites for hydroxylation is 1. The average molecular weight is 257 g/mol. The van der Waals surface area contributed by atoms with Gasteiger partial charge in [0.05, 0.1) is 0 Å². The van der Waals surface area contributed by atoms with Crippen molar-refractivity contribution in [2.24, 2.45) is 7.05 Å². The number of nitrogens with zero attached hydrogens (tertiary/aromatic N) is 4. The lowest BCUT2D eigenvalue weighted by atomic mass is 10.2. The van der Waals surface area contributed by atoms with Gasteiger partial charge >= 0.3 is 5.97 Å². The maximum atomic E-state index is 11.0. The van der Waals surface area contributed by atoms with Crippen molar-refractivity contribution in [3.05, 3.63) is 0 Å². The minimum absolute atomic E-state index is 0.401. The van der Waals surface area contributed by atoms with Crippen LogP contribution >= 0.6 is 11.8 Å². The normalized spacial score (nSPS) is 17.0. The molecule has 0 radical (unpaired) electrons. The van der Waals surface area contributed by atoms with Gasteiger partial charge in [-0.25, -0.2) is 4.68 Å². The maximum Gasteiger partial charge on any atom is 0.320 e. The van der Waals surface area contributed by atoms with Crippen LogP contribution in [0.25, 0.3) is 0 Å². The second kappa shape index (κ2) is 5.46. The van der Waals surface area contributed by atoms with Crippen molar-refractivity contribution < 1.29 is 9.90 Å². The van der Waals surface area contributed by atoms with Crippen molar-refractivity contribution in [3.8, 4) is 0 Å². The molecule has 8 heteroatoms. The van der Waals surface area contributed by atoms with Crippen LogP contribution in [0.1, 0.15) is 19.3 Å². The molecule has 1 heterocycles. The van der Waals surface area contributed by atoms with E-state index in [1.165, 1.54) is 11.8 Å². The van der Waals surface area contributed by atoms with Crippen LogP contribution in [-0.2, 0) is 11.8 Å². The standard InChI is InChI=1S/C9H15N5O2S/c1-14-9(11-12-13-14)17-5-4-7(8(15)16)10-6-2-3-6/h6-7,10H,2-5H2,1H3,(H,15,16). The van der Waals surface area contributed by atoms with E-state index in [1.54, 1.807) is 11.7 Å². The van der Waals surface area contributed by atoms with Gasteiger partial charge in [-0.1, -0.05) is 11.8 Å². The Morgan fingerprint density at radius 3 is 3.00 bits per heavy atom. The monoisotopic (exact) mass is 257 g/mol. The molecule has 0 aromatic carbocycles. The van der Waals surface area contributed by atoms with Crippen LogP contribution < -0.4 is 5.32 Å². The van der Waals surface area contributed by atoms with Crippen LogP contribution in [0.4, 0.5) is 0 Å². The van der Waals surface area contributed by atoms with Crippen LogP contribution in [0.15, 0.2) is 5.16 Å². The van der Waals surface area contributed by atoms with Gasteiger partial charge in [0.25, 0.3) is 0 Å². The molecule has 1 aliphatic carbocycles. The molecule has 94 valence electrons. The summed E-state index contributed by atoms with van der Waals surface area (Å²) in [5.74, 6) is -0.0983. The molecule has 1 saturated carbocycles. The largest absolute Gasteiger partial charge is 0.480 e. The van der Waals surface area contributed by atoms with Crippen molar-refractivity contribution in [3.63, 3.8) is 0 Å². The first-order chi connectivity index (χ1) is 8.16. The lowest BCUT2D eigenvalue weighted by Gasteiger charge is -2.12. The van der Waals surface area contributed by atoms with Crippen LogP contribution in [0.2, 0.25) is 0 Å². The number of thioether (sulfide) groups is 1. The predicted octanol–water partition coefficient (Wildman–Crippen LogP) is -0.103. The Morgan fingerprint density at radius 1 is 1.71 bits per heavy atom. The first-order valence-corrected chi connectivity index (χ1v) is 6.49. The predicted molar refractivity (Wildman–Crippen MR) is 61.7 cm³/mol. The number of aliphatic carboxylic acids is 1. The average Bonchev–Trinajstić information content (AvgIpc) is 3.01. The number of hydrogen-bond donors (Lipinski definition) is 2. The molecule has 1 atom stereocenters. The third-order valence-corrected chi connectivity index (χ3v) is 3.58. The Morgan fingerprint density at radius 2 is 2.47 bits per heavy atom. The van der Waals surface area contributed by atoms with Crippen LogP contribution in [0.5, 0.6) is 0 Å². The number of nitrogens with one attached hydrogen (secondary N) is 1. The lowest BCUT2D eigenvalue weighted by Crippen LogP contribution is -2.38.